The van der Waals surface area contributed by atoms with Crippen molar-refractivity contribution in [2.75, 3.05) is 0 Å². The Balaban J connectivity index is 2.92. The van der Waals surface area contributed by atoms with Crippen LogP contribution in [0.2, 0.25) is 0 Å². The molecule has 0 aliphatic carbocycles. The number of hydrogen-bond donors (Lipinski definition) is 0. The lowest BCUT2D eigenvalue weighted by molar-refractivity contribution is 0.557. The van der Waals surface area contributed by atoms with Crippen molar-refractivity contribution in [1.29, 1.82) is 0 Å². The van der Waals surface area contributed by atoms with Crippen molar-refractivity contribution < 1.29 is 0 Å². The summed E-state index contributed by atoms with van der Waals surface area (Å²) in [6, 6.07) is 0. The van der Waals surface area contributed by atoms with Crippen LogP contribution >= 0.6 is 0 Å². The minimum absolute atomic E-state index is 0.680. The molecule has 0 saturated carbocycles. The Hall–Kier alpha value is -0.850. The molecule has 0 aromatic rings. The first-order valence-electron chi connectivity index (χ1n) is 6.00. The molecule has 0 fully saturated rings. The molecule has 0 saturated heterocycles. The molecule has 1 aliphatic rings. The standard InChI is InChI=1S/C14H23N/c1-11-9-7-5-6-8-10-12(2)15-14(4)13(11)3/h8,10-11H,5-7,9H2,1-4H3/b10-8+,14-13+,15-12-. The van der Waals surface area contributed by atoms with E-state index in [-0.39, 0.29) is 0 Å². The fourth-order valence-corrected chi connectivity index (χ4v) is 1.93. The topological polar surface area (TPSA) is 12.4 Å². The highest BCUT2D eigenvalue weighted by Crippen LogP contribution is 2.22. The molecule has 84 valence electrons. The summed E-state index contributed by atoms with van der Waals surface area (Å²) in [4.78, 5) is 4.62. The first-order chi connectivity index (χ1) is 7.11. The van der Waals surface area contributed by atoms with Gasteiger partial charge in [0.2, 0.25) is 0 Å². The third-order valence-electron chi connectivity index (χ3n) is 3.27. The average Bonchev–Trinajstić information content (AvgIpc) is 2.22. The van der Waals surface area contributed by atoms with E-state index in [1.165, 1.54) is 37.0 Å². The summed E-state index contributed by atoms with van der Waals surface area (Å²) < 4.78 is 0. The van der Waals surface area contributed by atoms with Crippen molar-refractivity contribution in [3.05, 3.63) is 23.4 Å². The van der Waals surface area contributed by atoms with Crippen molar-refractivity contribution in [3.8, 4) is 0 Å². The summed E-state index contributed by atoms with van der Waals surface area (Å²) >= 11 is 0. The minimum Gasteiger partial charge on any atom is -0.259 e. The van der Waals surface area contributed by atoms with Gasteiger partial charge in [-0.05, 0) is 57.6 Å². The molecule has 1 heteroatoms. The van der Waals surface area contributed by atoms with Crippen LogP contribution in [0, 0.1) is 5.92 Å². The fraction of sp³-hybridized carbons (Fsp3) is 0.643. The van der Waals surface area contributed by atoms with E-state index in [1.54, 1.807) is 0 Å². The lowest BCUT2D eigenvalue weighted by atomic mass is 9.95. The molecule has 0 aromatic heterocycles. The molecular formula is C14H23N. The number of hydrogen-bond acceptors (Lipinski definition) is 1. The maximum Gasteiger partial charge on any atom is 0.0372 e. The van der Waals surface area contributed by atoms with Gasteiger partial charge in [0, 0.05) is 11.4 Å². The molecule has 1 unspecified atom stereocenters. The van der Waals surface area contributed by atoms with Gasteiger partial charge in [-0.15, -0.1) is 0 Å². The van der Waals surface area contributed by atoms with E-state index >= 15 is 0 Å². The average molecular weight is 205 g/mol. The van der Waals surface area contributed by atoms with Crippen LogP contribution in [-0.2, 0) is 0 Å². The lowest BCUT2D eigenvalue weighted by Gasteiger charge is -2.13. The third-order valence-corrected chi connectivity index (χ3v) is 3.27. The van der Waals surface area contributed by atoms with E-state index in [9.17, 15) is 0 Å². The van der Waals surface area contributed by atoms with Crippen molar-refractivity contribution in [2.45, 2.75) is 53.4 Å². The van der Waals surface area contributed by atoms with Crippen molar-refractivity contribution in [2.24, 2.45) is 10.9 Å². The highest BCUT2D eigenvalue weighted by atomic mass is 14.7. The van der Waals surface area contributed by atoms with Crippen LogP contribution < -0.4 is 0 Å². The van der Waals surface area contributed by atoms with Crippen LogP contribution in [0.3, 0.4) is 0 Å². The summed E-state index contributed by atoms with van der Waals surface area (Å²) in [5.41, 5.74) is 3.78. The van der Waals surface area contributed by atoms with E-state index in [2.05, 4.69) is 44.8 Å². The lowest BCUT2D eigenvalue weighted by Crippen LogP contribution is -1.99. The fourth-order valence-electron chi connectivity index (χ4n) is 1.93. The van der Waals surface area contributed by atoms with Crippen LogP contribution in [0.15, 0.2) is 28.4 Å². The second kappa shape index (κ2) is 5.89. The molecule has 15 heavy (non-hydrogen) atoms. The predicted molar refractivity (Wildman–Crippen MR) is 68.3 cm³/mol. The largest absolute Gasteiger partial charge is 0.259 e. The van der Waals surface area contributed by atoms with Crippen molar-refractivity contribution >= 4 is 5.71 Å². The highest BCUT2D eigenvalue weighted by molar-refractivity contribution is 5.93. The van der Waals surface area contributed by atoms with Crippen LogP contribution in [0.25, 0.3) is 0 Å². The number of aliphatic imine (C=N–C) groups is 1. The van der Waals surface area contributed by atoms with Gasteiger partial charge in [0.15, 0.2) is 0 Å². The van der Waals surface area contributed by atoms with Crippen molar-refractivity contribution in [3.63, 3.8) is 0 Å². The molecule has 0 N–H and O–H groups in total. The monoisotopic (exact) mass is 205 g/mol. The number of nitrogens with zero attached hydrogens (tertiary/aromatic N) is 1. The van der Waals surface area contributed by atoms with Gasteiger partial charge < -0.3 is 0 Å². The summed E-state index contributed by atoms with van der Waals surface area (Å²) in [5, 5.41) is 0. The van der Waals surface area contributed by atoms with Gasteiger partial charge in [-0.1, -0.05) is 19.4 Å². The van der Waals surface area contributed by atoms with Crippen LogP contribution in [0.4, 0.5) is 0 Å². The second-order valence-corrected chi connectivity index (χ2v) is 4.61. The van der Waals surface area contributed by atoms with Crippen LogP contribution in [0.1, 0.15) is 53.4 Å². The first kappa shape index (κ1) is 12.2. The molecule has 1 heterocycles. The minimum atomic E-state index is 0.680. The quantitative estimate of drug-likeness (QED) is 0.552. The summed E-state index contributed by atoms with van der Waals surface area (Å²) in [5.74, 6) is 0.680. The molecule has 0 bridgehead atoms. The zero-order chi connectivity index (χ0) is 11.3. The van der Waals surface area contributed by atoms with Gasteiger partial charge in [-0.2, -0.15) is 0 Å². The van der Waals surface area contributed by atoms with Crippen LogP contribution in [0.5, 0.6) is 0 Å². The van der Waals surface area contributed by atoms with Gasteiger partial charge in [0.05, 0.1) is 0 Å². The molecule has 0 amide bonds. The second-order valence-electron chi connectivity index (χ2n) is 4.61. The molecule has 0 spiro atoms. The highest BCUT2D eigenvalue weighted by Gasteiger charge is 2.07. The zero-order valence-electron chi connectivity index (χ0n) is 10.5. The molecular weight excluding hydrogens is 182 g/mol. The Morgan fingerprint density at radius 2 is 1.93 bits per heavy atom. The third kappa shape index (κ3) is 4.03. The number of allylic oxidation sites excluding steroid dienone is 4. The van der Waals surface area contributed by atoms with E-state index in [0.717, 1.165) is 5.71 Å². The number of rotatable bonds is 0. The molecule has 0 aromatic carbocycles. The Labute approximate surface area is 94.0 Å². The van der Waals surface area contributed by atoms with Gasteiger partial charge in [0.25, 0.3) is 0 Å². The van der Waals surface area contributed by atoms with E-state index < -0.39 is 0 Å². The molecule has 1 atom stereocenters. The first-order valence-corrected chi connectivity index (χ1v) is 6.00. The molecule has 1 rings (SSSR count). The van der Waals surface area contributed by atoms with Crippen molar-refractivity contribution in [1.82, 2.24) is 0 Å². The maximum atomic E-state index is 4.62. The van der Waals surface area contributed by atoms with E-state index in [1.807, 2.05) is 0 Å². The zero-order valence-corrected chi connectivity index (χ0v) is 10.5. The SMILES string of the molecule is CC1=N/C(C)=C(\C)C(C)CCCC\C=C\1. The molecule has 1 nitrogen and oxygen atoms in total. The molecule has 0 radical (unpaired) electrons. The predicted octanol–water partition coefficient (Wildman–Crippen LogP) is 4.51. The Bertz CT molecular complexity index is 294. The Morgan fingerprint density at radius 1 is 1.20 bits per heavy atom. The molecule has 1 aliphatic heterocycles. The van der Waals surface area contributed by atoms with Crippen LogP contribution in [-0.4, -0.2) is 5.71 Å². The van der Waals surface area contributed by atoms with E-state index in [4.69, 9.17) is 0 Å². The summed E-state index contributed by atoms with van der Waals surface area (Å²) in [6.07, 6.45) is 9.52. The van der Waals surface area contributed by atoms with Gasteiger partial charge >= 0.3 is 0 Å². The Kier molecular flexibility index (Phi) is 4.80. The summed E-state index contributed by atoms with van der Waals surface area (Å²) in [7, 11) is 0. The smallest absolute Gasteiger partial charge is 0.0372 e. The van der Waals surface area contributed by atoms with E-state index in [0.29, 0.717) is 5.92 Å². The van der Waals surface area contributed by atoms with Gasteiger partial charge in [-0.25, -0.2) is 0 Å². The normalized spacial score (nSPS) is 35.2. The van der Waals surface area contributed by atoms with Gasteiger partial charge in [0.1, 0.15) is 0 Å². The maximum absolute atomic E-state index is 4.62. The summed E-state index contributed by atoms with van der Waals surface area (Å²) in [6.45, 7) is 8.74. The Morgan fingerprint density at radius 3 is 2.67 bits per heavy atom. The van der Waals surface area contributed by atoms with Gasteiger partial charge in [-0.3, -0.25) is 4.99 Å².